The van der Waals surface area contributed by atoms with Crippen LogP contribution in [0.2, 0.25) is 0 Å². The first-order valence-electron chi connectivity index (χ1n) is 7.47. The zero-order chi connectivity index (χ0) is 15.1. The van der Waals surface area contributed by atoms with Gasteiger partial charge in [0.05, 0.1) is 12.7 Å². The third-order valence-electron chi connectivity index (χ3n) is 4.37. The first-order chi connectivity index (χ1) is 10.8. The largest absolute Gasteiger partial charge is 0.393 e. The normalized spacial score (nSPS) is 21.8. The molecule has 0 unspecified atom stereocenters. The average Bonchev–Trinajstić information content (AvgIpc) is 2.93. The smallest absolute Gasteiger partial charge is 0.166 e. The zero-order valence-electron chi connectivity index (χ0n) is 12.0. The number of carbonyl (C=O) groups excluding carboxylic acids is 1. The number of aliphatic hydroxyl groups is 1. The van der Waals surface area contributed by atoms with Crippen LogP contribution in [0.1, 0.15) is 18.1 Å². The summed E-state index contributed by atoms with van der Waals surface area (Å²) < 4.78 is 5.73. The Morgan fingerprint density at radius 2 is 1.73 bits per heavy atom. The van der Waals surface area contributed by atoms with E-state index in [-0.39, 0.29) is 18.5 Å². The molecule has 0 amide bonds. The summed E-state index contributed by atoms with van der Waals surface area (Å²) in [7, 11) is 0. The lowest BCUT2D eigenvalue weighted by Crippen LogP contribution is -2.19. The molecule has 22 heavy (non-hydrogen) atoms. The van der Waals surface area contributed by atoms with E-state index in [0.29, 0.717) is 6.42 Å². The van der Waals surface area contributed by atoms with E-state index in [1.807, 2.05) is 24.3 Å². The van der Waals surface area contributed by atoms with Crippen LogP contribution in [0, 0.1) is 0 Å². The first kappa shape index (κ1) is 13.4. The van der Waals surface area contributed by atoms with Gasteiger partial charge in [0.1, 0.15) is 6.10 Å². The fourth-order valence-corrected chi connectivity index (χ4v) is 3.24. The van der Waals surface area contributed by atoms with Gasteiger partial charge in [0, 0.05) is 6.42 Å². The van der Waals surface area contributed by atoms with E-state index in [1.54, 1.807) is 0 Å². The molecule has 1 fully saturated rings. The molecule has 1 saturated heterocycles. The number of rotatable bonds is 2. The molecule has 4 rings (SSSR count). The number of aliphatic hydroxyl groups excluding tert-OH is 1. The highest BCUT2D eigenvalue weighted by molar-refractivity contribution is 6.00. The molecule has 0 aromatic heterocycles. The van der Waals surface area contributed by atoms with Crippen LogP contribution in [0.3, 0.4) is 0 Å². The average molecular weight is 292 g/mol. The van der Waals surface area contributed by atoms with Crippen molar-refractivity contribution in [3.63, 3.8) is 0 Å². The van der Waals surface area contributed by atoms with Gasteiger partial charge in [-0.1, -0.05) is 42.5 Å². The Labute approximate surface area is 128 Å². The first-order valence-corrected chi connectivity index (χ1v) is 7.47. The van der Waals surface area contributed by atoms with Crippen molar-refractivity contribution in [3.05, 3.63) is 60.2 Å². The molecular formula is C19H16O3. The van der Waals surface area contributed by atoms with Crippen molar-refractivity contribution in [2.24, 2.45) is 0 Å². The summed E-state index contributed by atoms with van der Waals surface area (Å²) in [6.07, 6.45) is -0.618. The van der Waals surface area contributed by atoms with Gasteiger partial charge in [-0.25, -0.2) is 0 Å². The van der Waals surface area contributed by atoms with E-state index in [4.69, 9.17) is 4.74 Å². The van der Waals surface area contributed by atoms with Gasteiger partial charge >= 0.3 is 0 Å². The van der Waals surface area contributed by atoms with Gasteiger partial charge in [-0.05, 0) is 39.2 Å². The molecular weight excluding hydrogens is 276 g/mol. The summed E-state index contributed by atoms with van der Waals surface area (Å²) in [5, 5.41) is 13.8. The minimum atomic E-state index is -0.680. The Hall–Kier alpha value is -2.23. The highest BCUT2D eigenvalue weighted by atomic mass is 16.5. The molecule has 0 aliphatic carbocycles. The maximum absolute atomic E-state index is 11.9. The quantitative estimate of drug-likeness (QED) is 0.736. The van der Waals surface area contributed by atoms with Crippen LogP contribution in [0.15, 0.2) is 54.6 Å². The number of ether oxygens (including phenoxy) is 1. The van der Waals surface area contributed by atoms with Gasteiger partial charge in [0.15, 0.2) is 5.78 Å². The Kier molecular flexibility index (Phi) is 3.17. The third kappa shape index (κ3) is 2.10. The van der Waals surface area contributed by atoms with Crippen molar-refractivity contribution in [2.45, 2.75) is 18.6 Å². The lowest BCUT2D eigenvalue weighted by atomic mass is 9.96. The van der Waals surface area contributed by atoms with Crippen molar-refractivity contribution >= 4 is 27.3 Å². The third-order valence-corrected chi connectivity index (χ3v) is 4.37. The fourth-order valence-electron chi connectivity index (χ4n) is 3.24. The second-order valence-corrected chi connectivity index (χ2v) is 5.73. The van der Waals surface area contributed by atoms with E-state index < -0.39 is 6.10 Å². The van der Waals surface area contributed by atoms with Crippen molar-refractivity contribution in [1.29, 1.82) is 0 Å². The molecule has 3 nitrogen and oxygen atoms in total. The van der Waals surface area contributed by atoms with E-state index >= 15 is 0 Å². The van der Waals surface area contributed by atoms with Crippen LogP contribution in [0.4, 0.5) is 0 Å². The number of fused-ring (bicyclic) bond motifs is 2. The Bertz CT molecular complexity index is 869. The summed E-state index contributed by atoms with van der Waals surface area (Å²) >= 11 is 0. The standard InChI is InChI=1S/C19H16O3/c20-11-19-17(21)10-18(22-19)15-7-3-6-14-8-12-4-1-2-5-13(12)9-16(14)15/h1-9,18-20H,10-11H2/t18-,19-/m1/s1. The molecule has 110 valence electrons. The second kappa shape index (κ2) is 5.20. The minimum Gasteiger partial charge on any atom is -0.393 e. The van der Waals surface area contributed by atoms with E-state index in [2.05, 4.69) is 30.3 Å². The molecule has 0 saturated carbocycles. The summed E-state index contributed by atoms with van der Waals surface area (Å²) in [6, 6.07) is 18.6. The molecule has 0 spiro atoms. The number of hydrogen-bond acceptors (Lipinski definition) is 3. The lowest BCUT2D eigenvalue weighted by Gasteiger charge is -2.14. The van der Waals surface area contributed by atoms with Gasteiger partial charge in [-0.2, -0.15) is 0 Å². The minimum absolute atomic E-state index is 0.0229. The molecule has 2 atom stereocenters. The van der Waals surface area contributed by atoms with Crippen LogP contribution in [0.5, 0.6) is 0 Å². The molecule has 0 radical (unpaired) electrons. The van der Waals surface area contributed by atoms with E-state index in [9.17, 15) is 9.90 Å². The molecule has 3 heteroatoms. The summed E-state index contributed by atoms with van der Waals surface area (Å²) in [5.41, 5.74) is 1.02. The van der Waals surface area contributed by atoms with Crippen LogP contribution < -0.4 is 0 Å². The van der Waals surface area contributed by atoms with Crippen LogP contribution in [-0.2, 0) is 9.53 Å². The SMILES string of the molecule is O=C1C[C@H](c2cccc3cc4ccccc4cc23)O[C@@H]1CO. The number of benzene rings is 3. The summed E-state index contributed by atoms with van der Waals surface area (Å²) in [4.78, 5) is 11.9. The Morgan fingerprint density at radius 3 is 2.45 bits per heavy atom. The highest BCUT2D eigenvalue weighted by Gasteiger charge is 2.34. The van der Waals surface area contributed by atoms with Crippen molar-refractivity contribution in [3.8, 4) is 0 Å². The molecule has 3 aromatic rings. The van der Waals surface area contributed by atoms with Gasteiger partial charge in [-0.15, -0.1) is 0 Å². The molecule has 3 aromatic carbocycles. The predicted octanol–water partition coefficient (Wildman–Crippen LogP) is 3.38. The van der Waals surface area contributed by atoms with E-state index in [0.717, 1.165) is 16.3 Å². The number of carbonyl (C=O) groups is 1. The van der Waals surface area contributed by atoms with Crippen molar-refractivity contribution in [2.75, 3.05) is 6.61 Å². The van der Waals surface area contributed by atoms with Crippen LogP contribution in [-0.4, -0.2) is 23.6 Å². The maximum Gasteiger partial charge on any atom is 0.166 e. The monoisotopic (exact) mass is 292 g/mol. The Balaban J connectivity index is 1.87. The van der Waals surface area contributed by atoms with Gasteiger partial charge in [-0.3, -0.25) is 4.79 Å². The van der Waals surface area contributed by atoms with Crippen molar-refractivity contribution < 1.29 is 14.6 Å². The topological polar surface area (TPSA) is 46.5 Å². The number of hydrogen-bond donors (Lipinski definition) is 1. The number of Topliss-reactive ketones (excluding diaryl/α,β-unsaturated/α-hetero) is 1. The lowest BCUT2D eigenvalue weighted by molar-refractivity contribution is -0.124. The maximum atomic E-state index is 11.9. The summed E-state index contributed by atoms with van der Waals surface area (Å²) in [6.45, 7) is -0.247. The molecule has 1 N–H and O–H groups in total. The Morgan fingerprint density at radius 1 is 1.00 bits per heavy atom. The van der Waals surface area contributed by atoms with Crippen molar-refractivity contribution in [1.82, 2.24) is 0 Å². The van der Waals surface area contributed by atoms with Crippen LogP contribution in [0.25, 0.3) is 21.5 Å². The molecule has 1 aliphatic heterocycles. The molecule has 1 aliphatic rings. The fraction of sp³-hybridized carbons (Fsp3) is 0.211. The van der Waals surface area contributed by atoms with Gasteiger partial charge < -0.3 is 9.84 Å². The zero-order valence-corrected chi connectivity index (χ0v) is 12.0. The number of ketones is 1. The van der Waals surface area contributed by atoms with Gasteiger partial charge in [0.2, 0.25) is 0 Å². The van der Waals surface area contributed by atoms with Gasteiger partial charge in [0.25, 0.3) is 0 Å². The van der Waals surface area contributed by atoms with Crippen LogP contribution >= 0.6 is 0 Å². The van der Waals surface area contributed by atoms with E-state index in [1.165, 1.54) is 10.8 Å². The molecule has 0 bridgehead atoms. The second-order valence-electron chi connectivity index (χ2n) is 5.73. The summed E-state index contributed by atoms with van der Waals surface area (Å²) in [5.74, 6) is -0.0229. The predicted molar refractivity (Wildman–Crippen MR) is 85.8 cm³/mol. The molecule has 1 heterocycles. The highest BCUT2D eigenvalue weighted by Crippen LogP contribution is 2.36.